The Hall–Kier alpha value is -2.55. The van der Waals surface area contributed by atoms with Crippen LogP contribution in [0.4, 0.5) is 13.2 Å². The number of benzene rings is 1. The molecule has 130 valence electrons. The molecule has 2 rings (SSSR count). The predicted octanol–water partition coefficient (Wildman–Crippen LogP) is 1.79. The van der Waals surface area contributed by atoms with Crippen LogP contribution in [-0.2, 0) is 17.4 Å². The molecule has 0 radical (unpaired) electrons. The minimum atomic E-state index is -4.41. The normalized spacial score (nSPS) is 12.7. The van der Waals surface area contributed by atoms with Crippen molar-refractivity contribution in [2.75, 3.05) is 13.2 Å². The van der Waals surface area contributed by atoms with E-state index in [1.54, 1.807) is 6.07 Å². The number of hydrogen-bond acceptors (Lipinski definition) is 5. The molecule has 0 aliphatic heterocycles. The summed E-state index contributed by atoms with van der Waals surface area (Å²) in [5, 5.41) is 15.8. The maximum Gasteiger partial charge on any atom is 0.416 e. The molecule has 0 saturated heterocycles. The number of hydrogen-bond donors (Lipinski definition) is 2. The fourth-order valence-electron chi connectivity index (χ4n) is 1.78. The van der Waals surface area contributed by atoms with Crippen LogP contribution >= 0.6 is 0 Å². The molecule has 1 atom stereocenters. The van der Waals surface area contributed by atoms with Gasteiger partial charge in [-0.3, -0.25) is 4.79 Å². The molecule has 0 aliphatic carbocycles. The van der Waals surface area contributed by atoms with Crippen molar-refractivity contribution in [3.63, 3.8) is 0 Å². The summed E-state index contributed by atoms with van der Waals surface area (Å²) in [6, 6.07) is 5.66. The minimum Gasteiger partial charge on any atom is -0.491 e. The van der Waals surface area contributed by atoms with E-state index in [4.69, 9.17) is 4.74 Å². The number of aliphatic hydroxyl groups is 1. The van der Waals surface area contributed by atoms with Gasteiger partial charge in [-0.15, -0.1) is 0 Å². The van der Waals surface area contributed by atoms with Gasteiger partial charge in [0.25, 0.3) is 0 Å². The van der Waals surface area contributed by atoms with Crippen molar-refractivity contribution in [2.45, 2.75) is 18.7 Å². The summed E-state index contributed by atoms with van der Waals surface area (Å²) in [6.07, 6.45) is -4.06. The van der Waals surface area contributed by atoms with E-state index < -0.39 is 17.8 Å². The lowest BCUT2D eigenvalue weighted by Crippen LogP contribution is -2.36. The molecule has 0 aliphatic rings. The molecule has 2 N–H and O–H groups in total. The van der Waals surface area contributed by atoms with Crippen molar-refractivity contribution in [1.82, 2.24) is 10.5 Å². The van der Waals surface area contributed by atoms with Gasteiger partial charge in [0, 0.05) is 12.6 Å². The van der Waals surface area contributed by atoms with Gasteiger partial charge in [-0.1, -0.05) is 5.16 Å². The van der Waals surface area contributed by atoms with Crippen LogP contribution in [0, 0.1) is 0 Å². The molecule has 9 heteroatoms. The average Bonchev–Trinajstić information content (AvgIpc) is 3.03. The highest BCUT2D eigenvalue weighted by Crippen LogP contribution is 2.30. The zero-order valence-corrected chi connectivity index (χ0v) is 12.4. The molecule has 1 aromatic carbocycles. The third-order valence-electron chi connectivity index (χ3n) is 2.99. The third-order valence-corrected chi connectivity index (χ3v) is 2.99. The van der Waals surface area contributed by atoms with E-state index in [2.05, 4.69) is 15.0 Å². The number of amides is 1. The number of ether oxygens (including phenoxy) is 1. The van der Waals surface area contributed by atoms with Crippen molar-refractivity contribution in [2.24, 2.45) is 0 Å². The molecule has 1 amide bonds. The highest BCUT2D eigenvalue weighted by Gasteiger charge is 2.30. The van der Waals surface area contributed by atoms with Crippen molar-refractivity contribution < 1.29 is 32.3 Å². The van der Waals surface area contributed by atoms with Crippen LogP contribution in [-0.4, -0.2) is 35.4 Å². The second-order valence-electron chi connectivity index (χ2n) is 4.96. The SMILES string of the molecule is O=C(Cc1ccon1)NCC(O)COc1ccc(C(F)(F)F)cc1. The summed E-state index contributed by atoms with van der Waals surface area (Å²) < 4.78 is 47.0. The zero-order chi connectivity index (χ0) is 17.6. The Balaban J connectivity index is 1.71. The molecule has 0 saturated carbocycles. The van der Waals surface area contributed by atoms with Gasteiger partial charge in [-0.25, -0.2) is 0 Å². The van der Waals surface area contributed by atoms with E-state index in [1.165, 1.54) is 18.4 Å². The molecular weight excluding hydrogens is 329 g/mol. The number of rotatable bonds is 7. The molecule has 24 heavy (non-hydrogen) atoms. The van der Waals surface area contributed by atoms with Gasteiger partial charge in [0.05, 0.1) is 17.7 Å². The van der Waals surface area contributed by atoms with Gasteiger partial charge in [-0.05, 0) is 24.3 Å². The van der Waals surface area contributed by atoms with E-state index in [0.717, 1.165) is 12.1 Å². The van der Waals surface area contributed by atoms with Gasteiger partial charge in [0.2, 0.25) is 5.91 Å². The van der Waals surface area contributed by atoms with Crippen molar-refractivity contribution in [3.05, 3.63) is 47.9 Å². The zero-order valence-electron chi connectivity index (χ0n) is 12.4. The Morgan fingerprint density at radius 2 is 2.00 bits per heavy atom. The summed E-state index contributed by atoms with van der Waals surface area (Å²) >= 11 is 0. The first kappa shape index (κ1) is 17.8. The number of halogens is 3. The Morgan fingerprint density at radius 3 is 2.58 bits per heavy atom. The summed E-state index contributed by atoms with van der Waals surface area (Å²) in [5.41, 5.74) is -0.321. The van der Waals surface area contributed by atoms with Crippen molar-refractivity contribution in [1.29, 1.82) is 0 Å². The van der Waals surface area contributed by atoms with Crippen LogP contribution in [0.2, 0.25) is 0 Å². The fourth-order valence-corrected chi connectivity index (χ4v) is 1.78. The van der Waals surface area contributed by atoms with Gasteiger partial charge in [-0.2, -0.15) is 13.2 Å². The van der Waals surface area contributed by atoms with Crippen LogP contribution in [0.25, 0.3) is 0 Å². The maximum absolute atomic E-state index is 12.4. The molecule has 0 bridgehead atoms. The van der Waals surface area contributed by atoms with Crippen molar-refractivity contribution >= 4 is 5.91 Å². The number of carbonyl (C=O) groups is 1. The number of nitrogens with zero attached hydrogens (tertiary/aromatic N) is 1. The Labute approximate surface area is 135 Å². The van der Waals surface area contributed by atoms with E-state index in [9.17, 15) is 23.1 Å². The van der Waals surface area contributed by atoms with Crippen molar-refractivity contribution in [3.8, 4) is 5.75 Å². The molecule has 0 fully saturated rings. The fraction of sp³-hybridized carbons (Fsp3) is 0.333. The molecule has 1 aromatic heterocycles. The standard InChI is InChI=1S/C15H15F3N2O4/c16-15(17,18)10-1-3-13(4-2-10)23-9-12(21)8-19-14(22)7-11-5-6-24-20-11/h1-6,12,21H,7-9H2,(H,19,22). The van der Waals surface area contributed by atoms with Gasteiger partial charge in [0.15, 0.2) is 0 Å². The van der Waals surface area contributed by atoms with E-state index in [1.807, 2.05) is 0 Å². The number of alkyl halides is 3. The first-order chi connectivity index (χ1) is 11.3. The summed E-state index contributed by atoms with van der Waals surface area (Å²) in [7, 11) is 0. The minimum absolute atomic E-state index is 0.0168. The quantitative estimate of drug-likeness (QED) is 0.800. The van der Waals surface area contributed by atoms with Gasteiger partial charge < -0.3 is 19.7 Å². The van der Waals surface area contributed by atoms with Crippen LogP contribution in [0.1, 0.15) is 11.3 Å². The van der Waals surface area contributed by atoms with E-state index >= 15 is 0 Å². The predicted molar refractivity (Wildman–Crippen MR) is 76.2 cm³/mol. The maximum atomic E-state index is 12.4. The number of nitrogens with one attached hydrogen (secondary N) is 1. The summed E-state index contributed by atoms with van der Waals surface area (Å²) in [5.74, 6) is -0.159. The number of carbonyl (C=O) groups excluding carboxylic acids is 1. The first-order valence-corrected chi connectivity index (χ1v) is 6.98. The second kappa shape index (κ2) is 7.82. The van der Waals surface area contributed by atoms with Crippen LogP contribution in [0.5, 0.6) is 5.75 Å². The lowest BCUT2D eigenvalue weighted by atomic mass is 10.2. The van der Waals surface area contributed by atoms with Crippen LogP contribution < -0.4 is 10.1 Å². The topological polar surface area (TPSA) is 84.6 Å². The molecular formula is C15H15F3N2O4. The van der Waals surface area contributed by atoms with E-state index in [-0.39, 0.29) is 31.2 Å². The Bertz CT molecular complexity index is 642. The molecule has 1 unspecified atom stereocenters. The highest BCUT2D eigenvalue weighted by molar-refractivity contribution is 5.78. The van der Waals surface area contributed by atoms with Gasteiger partial charge in [0.1, 0.15) is 24.7 Å². The summed E-state index contributed by atoms with van der Waals surface area (Å²) in [4.78, 5) is 11.6. The Kier molecular flexibility index (Phi) is 5.80. The highest BCUT2D eigenvalue weighted by atomic mass is 19.4. The summed E-state index contributed by atoms with van der Waals surface area (Å²) in [6.45, 7) is -0.229. The molecule has 6 nitrogen and oxygen atoms in total. The molecule has 2 aromatic rings. The second-order valence-corrected chi connectivity index (χ2v) is 4.96. The van der Waals surface area contributed by atoms with Crippen LogP contribution in [0.3, 0.4) is 0 Å². The smallest absolute Gasteiger partial charge is 0.416 e. The van der Waals surface area contributed by atoms with Crippen LogP contribution in [0.15, 0.2) is 41.1 Å². The first-order valence-electron chi connectivity index (χ1n) is 6.98. The van der Waals surface area contributed by atoms with E-state index in [0.29, 0.717) is 5.69 Å². The average molecular weight is 344 g/mol. The lowest BCUT2D eigenvalue weighted by Gasteiger charge is -2.13. The number of aromatic nitrogens is 1. The molecule has 1 heterocycles. The number of aliphatic hydroxyl groups excluding tert-OH is 1. The molecule has 0 spiro atoms. The third kappa shape index (κ3) is 5.58. The van der Waals surface area contributed by atoms with Gasteiger partial charge >= 0.3 is 6.18 Å². The monoisotopic (exact) mass is 344 g/mol. The lowest BCUT2D eigenvalue weighted by molar-refractivity contribution is -0.137. The largest absolute Gasteiger partial charge is 0.491 e. The Morgan fingerprint density at radius 1 is 1.29 bits per heavy atom.